The number of benzene rings is 1. The SMILES string of the molecule is CCOCc1cccc(C)c1F. The van der Waals surface area contributed by atoms with Gasteiger partial charge in [-0.05, 0) is 19.4 Å². The number of aryl methyl sites for hydroxylation is 1. The van der Waals surface area contributed by atoms with Gasteiger partial charge in [0.2, 0.25) is 0 Å². The van der Waals surface area contributed by atoms with Crippen LogP contribution in [0.25, 0.3) is 0 Å². The van der Waals surface area contributed by atoms with Gasteiger partial charge in [0.25, 0.3) is 0 Å². The summed E-state index contributed by atoms with van der Waals surface area (Å²) in [5.74, 6) is -0.147. The van der Waals surface area contributed by atoms with Crippen molar-refractivity contribution < 1.29 is 9.13 Å². The lowest BCUT2D eigenvalue weighted by Crippen LogP contribution is -1.96. The van der Waals surface area contributed by atoms with Crippen LogP contribution in [-0.2, 0) is 11.3 Å². The Morgan fingerprint density at radius 2 is 2.17 bits per heavy atom. The van der Waals surface area contributed by atoms with Crippen LogP contribution in [0.4, 0.5) is 4.39 Å². The van der Waals surface area contributed by atoms with Gasteiger partial charge >= 0.3 is 0 Å². The summed E-state index contributed by atoms with van der Waals surface area (Å²) in [6.45, 7) is 4.63. The second kappa shape index (κ2) is 4.21. The zero-order valence-corrected chi connectivity index (χ0v) is 7.43. The molecule has 0 unspecified atom stereocenters. The Bertz CT molecular complexity index is 258. The van der Waals surface area contributed by atoms with Gasteiger partial charge in [-0.1, -0.05) is 18.2 Å². The molecule has 0 aliphatic heterocycles. The Labute approximate surface area is 72.2 Å². The van der Waals surface area contributed by atoms with Crippen molar-refractivity contribution in [2.24, 2.45) is 0 Å². The summed E-state index contributed by atoms with van der Waals surface area (Å²) < 4.78 is 18.4. The third-order valence-electron chi connectivity index (χ3n) is 1.73. The van der Waals surface area contributed by atoms with E-state index >= 15 is 0 Å². The normalized spacial score (nSPS) is 10.2. The van der Waals surface area contributed by atoms with Crippen molar-refractivity contribution in [2.45, 2.75) is 20.5 Å². The molecule has 0 saturated heterocycles. The Hall–Kier alpha value is -0.890. The van der Waals surface area contributed by atoms with Gasteiger partial charge in [0.05, 0.1) is 6.61 Å². The maximum absolute atomic E-state index is 13.2. The first-order valence-corrected chi connectivity index (χ1v) is 4.07. The summed E-state index contributed by atoms with van der Waals surface area (Å²) in [6.07, 6.45) is 0. The third-order valence-corrected chi connectivity index (χ3v) is 1.73. The highest BCUT2D eigenvalue weighted by Gasteiger charge is 2.03. The van der Waals surface area contributed by atoms with Gasteiger partial charge < -0.3 is 4.74 Å². The van der Waals surface area contributed by atoms with Crippen LogP contribution < -0.4 is 0 Å². The van der Waals surface area contributed by atoms with Gasteiger partial charge in [-0.25, -0.2) is 4.39 Å². The molecule has 0 aliphatic carbocycles. The van der Waals surface area contributed by atoms with Crippen molar-refractivity contribution in [3.05, 3.63) is 35.1 Å². The fraction of sp³-hybridized carbons (Fsp3) is 0.400. The summed E-state index contributed by atoms with van der Waals surface area (Å²) in [7, 11) is 0. The number of rotatable bonds is 3. The minimum Gasteiger partial charge on any atom is -0.377 e. The molecule has 0 amide bonds. The summed E-state index contributed by atoms with van der Waals surface area (Å²) >= 11 is 0. The Kier molecular flexibility index (Phi) is 3.23. The molecule has 12 heavy (non-hydrogen) atoms. The number of ether oxygens (including phenoxy) is 1. The zero-order valence-electron chi connectivity index (χ0n) is 7.43. The van der Waals surface area contributed by atoms with Crippen LogP contribution in [0.1, 0.15) is 18.1 Å². The first-order valence-electron chi connectivity index (χ1n) is 4.07. The van der Waals surface area contributed by atoms with E-state index in [1.807, 2.05) is 13.0 Å². The van der Waals surface area contributed by atoms with Gasteiger partial charge in [-0.15, -0.1) is 0 Å². The topological polar surface area (TPSA) is 9.23 Å². The molecule has 0 aliphatic rings. The highest BCUT2D eigenvalue weighted by atomic mass is 19.1. The van der Waals surface area contributed by atoms with E-state index in [4.69, 9.17) is 4.74 Å². The molecule has 0 spiro atoms. The Balaban J connectivity index is 2.78. The highest BCUT2D eigenvalue weighted by molar-refractivity contribution is 5.24. The number of halogens is 1. The number of hydrogen-bond acceptors (Lipinski definition) is 1. The quantitative estimate of drug-likeness (QED) is 0.674. The van der Waals surface area contributed by atoms with Crippen LogP contribution in [0, 0.1) is 12.7 Å². The van der Waals surface area contributed by atoms with Crippen LogP contribution in [0.5, 0.6) is 0 Å². The lowest BCUT2D eigenvalue weighted by molar-refractivity contribution is 0.131. The fourth-order valence-electron chi connectivity index (χ4n) is 1.03. The molecule has 0 heterocycles. The van der Waals surface area contributed by atoms with Crippen molar-refractivity contribution in [1.29, 1.82) is 0 Å². The second-order valence-corrected chi connectivity index (χ2v) is 2.69. The van der Waals surface area contributed by atoms with Crippen LogP contribution >= 0.6 is 0 Å². The molecule has 2 heteroatoms. The van der Waals surface area contributed by atoms with Gasteiger partial charge in [0.15, 0.2) is 0 Å². The van der Waals surface area contributed by atoms with Crippen LogP contribution in [0.3, 0.4) is 0 Å². The minimum absolute atomic E-state index is 0.147. The molecule has 0 aromatic heterocycles. The maximum Gasteiger partial charge on any atom is 0.131 e. The second-order valence-electron chi connectivity index (χ2n) is 2.69. The van der Waals surface area contributed by atoms with E-state index in [9.17, 15) is 4.39 Å². The van der Waals surface area contributed by atoms with Crippen molar-refractivity contribution in [2.75, 3.05) is 6.61 Å². The van der Waals surface area contributed by atoms with E-state index in [2.05, 4.69) is 0 Å². The van der Waals surface area contributed by atoms with E-state index in [-0.39, 0.29) is 5.82 Å². The molecule has 1 nitrogen and oxygen atoms in total. The third kappa shape index (κ3) is 2.05. The molecule has 1 aromatic carbocycles. The van der Waals surface area contributed by atoms with E-state index in [1.165, 1.54) is 0 Å². The van der Waals surface area contributed by atoms with Crippen molar-refractivity contribution in [3.8, 4) is 0 Å². The Morgan fingerprint density at radius 1 is 1.42 bits per heavy atom. The molecule has 1 rings (SSSR count). The molecular formula is C10H13FO. The van der Waals surface area contributed by atoms with Crippen molar-refractivity contribution in [1.82, 2.24) is 0 Å². The summed E-state index contributed by atoms with van der Waals surface area (Å²) in [4.78, 5) is 0. The first-order chi connectivity index (χ1) is 5.75. The van der Waals surface area contributed by atoms with Crippen molar-refractivity contribution >= 4 is 0 Å². The standard InChI is InChI=1S/C10H13FO/c1-3-12-7-9-6-4-5-8(2)10(9)11/h4-6H,3,7H2,1-2H3. The van der Waals surface area contributed by atoms with Crippen LogP contribution in [-0.4, -0.2) is 6.61 Å². The molecule has 0 saturated carbocycles. The van der Waals surface area contributed by atoms with Crippen LogP contribution in [0.2, 0.25) is 0 Å². The molecule has 0 N–H and O–H groups in total. The number of hydrogen-bond donors (Lipinski definition) is 0. The van der Waals surface area contributed by atoms with Gasteiger partial charge in [0.1, 0.15) is 5.82 Å². The predicted octanol–water partition coefficient (Wildman–Crippen LogP) is 2.67. The smallest absolute Gasteiger partial charge is 0.131 e. The summed E-state index contributed by atoms with van der Waals surface area (Å²) in [6, 6.07) is 5.34. The predicted molar refractivity (Wildman–Crippen MR) is 46.5 cm³/mol. The molecule has 0 radical (unpaired) electrons. The molecule has 66 valence electrons. The van der Waals surface area contributed by atoms with E-state index < -0.39 is 0 Å². The van der Waals surface area contributed by atoms with E-state index in [0.29, 0.717) is 24.3 Å². The highest BCUT2D eigenvalue weighted by Crippen LogP contribution is 2.12. The molecule has 0 fully saturated rings. The molecule has 0 atom stereocenters. The fourth-order valence-corrected chi connectivity index (χ4v) is 1.03. The average molecular weight is 168 g/mol. The summed E-state index contributed by atoms with van der Waals surface area (Å²) in [5, 5.41) is 0. The molecule has 0 bridgehead atoms. The summed E-state index contributed by atoms with van der Waals surface area (Å²) in [5.41, 5.74) is 1.31. The zero-order chi connectivity index (χ0) is 8.97. The lowest BCUT2D eigenvalue weighted by atomic mass is 10.1. The monoisotopic (exact) mass is 168 g/mol. The average Bonchev–Trinajstić information content (AvgIpc) is 2.08. The van der Waals surface area contributed by atoms with Crippen molar-refractivity contribution in [3.63, 3.8) is 0 Å². The van der Waals surface area contributed by atoms with Gasteiger partial charge in [-0.2, -0.15) is 0 Å². The van der Waals surface area contributed by atoms with E-state index in [1.54, 1.807) is 19.1 Å². The first kappa shape index (κ1) is 9.20. The largest absolute Gasteiger partial charge is 0.377 e. The van der Waals surface area contributed by atoms with Crippen LogP contribution in [0.15, 0.2) is 18.2 Å². The minimum atomic E-state index is -0.147. The molecule has 1 aromatic rings. The maximum atomic E-state index is 13.2. The van der Waals surface area contributed by atoms with E-state index in [0.717, 1.165) is 0 Å². The van der Waals surface area contributed by atoms with Gasteiger partial charge in [-0.3, -0.25) is 0 Å². The Morgan fingerprint density at radius 3 is 2.83 bits per heavy atom. The molecular weight excluding hydrogens is 155 g/mol. The van der Waals surface area contributed by atoms with Gasteiger partial charge in [0, 0.05) is 12.2 Å². The lowest BCUT2D eigenvalue weighted by Gasteiger charge is -2.04.